The highest BCUT2D eigenvalue weighted by Crippen LogP contribution is 2.40. The number of aromatic nitrogens is 1. The SMILES string of the molecule is CCN(CC)CCN(C(=O)c1ccc(S(=O)(=O)N(C)C)cc1)c1nc2cc3c(cc2s1)OCO3.Cl. The standard InChI is InChI=1S/C23H28N4O5S2.ClH/c1-5-26(6-2)11-12-27(22(28)16-7-9-17(10-8-16)34(29,30)25(3)4)23-24-18-13-19-20(32-15-31-19)14-21(18)33-23;/h7-10,13-14H,5-6,11-12,15H2,1-4H3;1H. The van der Waals surface area contributed by atoms with Crippen molar-refractivity contribution < 1.29 is 22.7 Å². The van der Waals surface area contributed by atoms with E-state index in [0.717, 1.165) is 27.6 Å². The monoisotopic (exact) mass is 540 g/mol. The van der Waals surface area contributed by atoms with Gasteiger partial charge in [0.05, 0.1) is 15.1 Å². The molecule has 0 saturated carbocycles. The first-order valence-corrected chi connectivity index (χ1v) is 13.3. The van der Waals surface area contributed by atoms with Crippen LogP contribution in [0.3, 0.4) is 0 Å². The molecule has 1 amide bonds. The maximum atomic E-state index is 13.6. The van der Waals surface area contributed by atoms with Crippen molar-refractivity contribution in [1.29, 1.82) is 0 Å². The quantitative estimate of drug-likeness (QED) is 0.409. The fourth-order valence-electron chi connectivity index (χ4n) is 3.62. The number of likely N-dealkylation sites (N-methyl/N-ethyl adjacent to an activating group) is 1. The van der Waals surface area contributed by atoms with Gasteiger partial charge in [-0.2, -0.15) is 0 Å². The lowest BCUT2D eigenvalue weighted by molar-refractivity contribution is 0.0983. The summed E-state index contributed by atoms with van der Waals surface area (Å²) in [4.78, 5) is 22.3. The molecule has 0 atom stereocenters. The Labute approximate surface area is 215 Å². The molecule has 1 aliphatic heterocycles. The Morgan fingerprint density at radius 1 is 1.03 bits per heavy atom. The molecular formula is C23H29ClN4O5S2. The summed E-state index contributed by atoms with van der Waals surface area (Å²) in [5.41, 5.74) is 1.13. The van der Waals surface area contributed by atoms with Gasteiger partial charge in [0.15, 0.2) is 16.6 Å². The van der Waals surface area contributed by atoms with Crippen molar-refractivity contribution in [1.82, 2.24) is 14.2 Å². The molecule has 4 rings (SSSR count). The Balaban J connectivity index is 0.00000342. The minimum atomic E-state index is -3.57. The predicted octanol–water partition coefficient (Wildman–Crippen LogP) is 3.69. The van der Waals surface area contributed by atoms with Crippen LogP contribution < -0.4 is 14.4 Å². The molecule has 12 heteroatoms. The van der Waals surface area contributed by atoms with Crippen LogP contribution in [0.15, 0.2) is 41.3 Å². The zero-order valence-electron chi connectivity index (χ0n) is 20.1. The van der Waals surface area contributed by atoms with Crippen LogP contribution in [-0.4, -0.2) is 75.6 Å². The van der Waals surface area contributed by atoms with Gasteiger partial charge in [-0.1, -0.05) is 25.2 Å². The van der Waals surface area contributed by atoms with E-state index in [1.54, 1.807) is 17.0 Å². The molecular weight excluding hydrogens is 512 g/mol. The summed E-state index contributed by atoms with van der Waals surface area (Å²) >= 11 is 1.41. The van der Waals surface area contributed by atoms with Gasteiger partial charge >= 0.3 is 0 Å². The number of hydrogen-bond donors (Lipinski definition) is 0. The minimum absolute atomic E-state index is 0. The van der Waals surface area contributed by atoms with Crippen LogP contribution in [0.25, 0.3) is 10.2 Å². The number of halogens is 1. The fourth-order valence-corrected chi connectivity index (χ4v) is 5.52. The number of ether oxygens (including phenoxy) is 2. The van der Waals surface area contributed by atoms with Crippen LogP contribution in [0.5, 0.6) is 11.5 Å². The van der Waals surface area contributed by atoms with Gasteiger partial charge in [0.2, 0.25) is 16.8 Å². The Hall–Kier alpha value is -2.44. The van der Waals surface area contributed by atoms with Gasteiger partial charge < -0.3 is 14.4 Å². The molecule has 0 unspecified atom stereocenters. The van der Waals surface area contributed by atoms with Crippen molar-refractivity contribution in [3.63, 3.8) is 0 Å². The van der Waals surface area contributed by atoms with Crippen molar-refractivity contribution >= 4 is 55.0 Å². The molecule has 3 aromatic rings. The number of rotatable bonds is 9. The summed E-state index contributed by atoms with van der Waals surface area (Å²) < 4.78 is 37.8. The second kappa shape index (κ2) is 11.1. The molecule has 1 aliphatic rings. The van der Waals surface area contributed by atoms with Gasteiger partial charge in [-0.3, -0.25) is 9.69 Å². The van der Waals surface area contributed by atoms with Gasteiger partial charge in [-0.05, 0) is 37.4 Å². The molecule has 2 heterocycles. The second-order valence-electron chi connectivity index (χ2n) is 7.97. The highest BCUT2D eigenvalue weighted by Gasteiger charge is 2.25. The highest BCUT2D eigenvalue weighted by molar-refractivity contribution is 7.89. The summed E-state index contributed by atoms with van der Waals surface area (Å²) in [5, 5.41) is 0.570. The number of nitrogens with zero attached hydrogens (tertiary/aromatic N) is 4. The molecule has 190 valence electrons. The maximum Gasteiger partial charge on any atom is 0.260 e. The Morgan fingerprint density at radius 3 is 2.26 bits per heavy atom. The van der Waals surface area contributed by atoms with Crippen molar-refractivity contribution in [2.75, 3.05) is 52.0 Å². The second-order valence-corrected chi connectivity index (χ2v) is 11.1. The lowest BCUT2D eigenvalue weighted by Gasteiger charge is -2.24. The predicted molar refractivity (Wildman–Crippen MR) is 140 cm³/mol. The number of thiazole rings is 1. The van der Waals surface area contributed by atoms with E-state index in [4.69, 9.17) is 14.5 Å². The third-order valence-electron chi connectivity index (χ3n) is 5.76. The Bertz CT molecular complexity index is 1250. The zero-order valence-corrected chi connectivity index (χ0v) is 22.5. The third-order valence-corrected chi connectivity index (χ3v) is 8.63. The molecule has 0 aliphatic carbocycles. The fraction of sp³-hybridized carbons (Fsp3) is 0.391. The molecule has 9 nitrogen and oxygen atoms in total. The first-order valence-electron chi connectivity index (χ1n) is 11.0. The first-order chi connectivity index (χ1) is 16.2. The van der Waals surface area contributed by atoms with Gasteiger partial charge in [0.1, 0.15) is 0 Å². The summed E-state index contributed by atoms with van der Waals surface area (Å²) in [7, 11) is -0.626. The van der Waals surface area contributed by atoms with Gasteiger partial charge in [-0.15, -0.1) is 12.4 Å². The number of sulfonamides is 1. The number of fused-ring (bicyclic) bond motifs is 2. The number of hydrogen-bond acceptors (Lipinski definition) is 8. The maximum absolute atomic E-state index is 13.6. The summed E-state index contributed by atoms with van der Waals surface area (Å²) in [6.07, 6.45) is 0. The Morgan fingerprint density at radius 2 is 1.66 bits per heavy atom. The molecule has 1 aromatic heterocycles. The topological polar surface area (TPSA) is 92.3 Å². The van der Waals surface area contributed by atoms with E-state index in [2.05, 4.69) is 18.7 Å². The molecule has 0 N–H and O–H groups in total. The average Bonchev–Trinajstić information content (AvgIpc) is 3.45. The van der Waals surface area contributed by atoms with Crippen molar-refractivity contribution in [3.05, 3.63) is 42.0 Å². The van der Waals surface area contributed by atoms with Crippen LogP contribution in [0.1, 0.15) is 24.2 Å². The lowest BCUT2D eigenvalue weighted by atomic mass is 10.2. The van der Waals surface area contributed by atoms with Crippen LogP contribution in [0.2, 0.25) is 0 Å². The lowest BCUT2D eigenvalue weighted by Crippen LogP contribution is -2.38. The zero-order chi connectivity index (χ0) is 24.5. The summed E-state index contributed by atoms with van der Waals surface area (Å²) in [6.45, 7) is 7.23. The van der Waals surface area contributed by atoms with E-state index in [1.165, 1.54) is 37.6 Å². The number of benzene rings is 2. The summed E-state index contributed by atoms with van der Waals surface area (Å²) in [5.74, 6) is 1.07. The van der Waals surface area contributed by atoms with E-state index in [0.29, 0.717) is 35.3 Å². The molecule has 0 radical (unpaired) electrons. The number of anilines is 1. The van der Waals surface area contributed by atoms with Gasteiger partial charge in [0.25, 0.3) is 5.91 Å². The first kappa shape index (κ1) is 27.2. The largest absolute Gasteiger partial charge is 0.454 e. The number of carbonyl (C=O) groups is 1. The molecule has 0 spiro atoms. The van der Waals surface area contributed by atoms with E-state index < -0.39 is 10.0 Å². The van der Waals surface area contributed by atoms with Crippen LogP contribution in [0.4, 0.5) is 5.13 Å². The molecule has 0 fully saturated rings. The number of carbonyl (C=O) groups excluding carboxylic acids is 1. The molecule has 0 bridgehead atoms. The summed E-state index contributed by atoms with van der Waals surface area (Å²) in [6, 6.07) is 9.73. The van der Waals surface area contributed by atoms with E-state index in [-0.39, 0.29) is 30.0 Å². The van der Waals surface area contributed by atoms with Crippen LogP contribution in [0, 0.1) is 0 Å². The van der Waals surface area contributed by atoms with E-state index >= 15 is 0 Å². The van der Waals surface area contributed by atoms with Crippen LogP contribution in [-0.2, 0) is 10.0 Å². The molecule has 2 aromatic carbocycles. The average molecular weight is 541 g/mol. The van der Waals surface area contributed by atoms with Gasteiger partial charge in [-0.25, -0.2) is 17.7 Å². The highest BCUT2D eigenvalue weighted by atomic mass is 35.5. The smallest absolute Gasteiger partial charge is 0.260 e. The van der Waals surface area contributed by atoms with Crippen molar-refractivity contribution in [3.8, 4) is 11.5 Å². The third kappa shape index (κ3) is 5.54. The number of amides is 1. The van der Waals surface area contributed by atoms with E-state index in [1.807, 2.05) is 12.1 Å². The van der Waals surface area contributed by atoms with Crippen molar-refractivity contribution in [2.24, 2.45) is 0 Å². The normalized spacial score (nSPS) is 12.9. The van der Waals surface area contributed by atoms with E-state index in [9.17, 15) is 13.2 Å². The van der Waals surface area contributed by atoms with Crippen LogP contribution >= 0.6 is 23.7 Å². The van der Waals surface area contributed by atoms with Gasteiger partial charge in [0, 0.05) is 44.9 Å². The molecule has 35 heavy (non-hydrogen) atoms. The molecule has 0 saturated heterocycles. The Kier molecular flexibility index (Phi) is 8.60. The van der Waals surface area contributed by atoms with Crippen molar-refractivity contribution in [2.45, 2.75) is 18.7 Å². The minimum Gasteiger partial charge on any atom is -0.454 e.